The van der Waals surface area contributed by atoms with Gasteiger partial charge in [0, 0.05) is 31.6 Å². The van der Waals surface area contributed by atoms with Gasteiger partial charge in [0.15, 0.2) is 11.9 Å². The Bertz CT molecular complexity index is 334. The monoisotopic (exact) mass is 272 g/mol. The topological polar surface area (TPSA) is 89.9 Å². The van der Waals surface area contributed by atoms with Crippen molar-refractivity contribution in [2.75, 3.05) is 13.2 Å². The molecular formula is C13H20O6. The lowest BCUT2D eigenvalue weighted by Crippen LogP contribution is -2.28. The van der Waals surface area contributed by atoms with E-state index >= 15 is 0 Å². The zero-order valence-electron chi connectivity index (χ0n) is 11.3. The smallest absolute Gasteiger partial charge is 0.331 e. The van der Waals surface area contributed by atoms with E-state index in [0.717, 1.165) is 6.08 Å². The van der Waals surface area contributed by atoms with Crippen LogP contribution in [0.2, 0.25) is 0 Å². The Labute approximate surface area is 112 Å². The summed E-state index contributed by atoms with van der Waals surface area (Å²) in [7, 11) is 0. The number of aliphatic carboxylic acids is 1. The molecule has 0 bridgehead atoms. The molecule has 0 radical (unpaired) electrons. The van der Waals surface area contributed by atoms with Crippen LogP contribution in [-0.2, 0) is 23.9 Å². The van der Waals surface area contributed by atoms with E-state index in [1.165, 1.54) is 0 Å². The molecule has 1 unspecified atom stereocenters. The zero-order chi connectivity index (χ0) is 14.7. The number of carbonyl (C=O) groups is 3. The van der Waals surface area contributed by atoms with Gasteiger partial charge in [0.25, 0.3) is 0 Å². The van der Waals surface area contributed by atoms with E-state index in [2.05, 4.69) is 0 Å². The van der Waals surface area contributed by atoms with Crippen LogP contribution in [0.5, 0.6) is 0 Å². The second-order valence-corrected chi connectivity index (χ2v) is 3.80. The van der Waals surface area contributed by atoms with Crippen LogP contribution < -0.4 is 0 Å². The molecule has 6 nitrogen and oxygen atoms in total. The average molecular weight is 272 g/mol. The molecular weight excluding hydrogens is 252 g/mol. The number of esters is 1. The summed E-state index contributed by atoms with van der Waals surface area (Å²) in [5, 5.41) is 8.38. The second-order valence-electron chi connectivity index (χ2n) is 3.80. The van der Waals surface area contributed by atoms with Crippen molar-refractivity contribution in [3.8, 4) is 0 Å². The van der Waals surface area contributed by atoms with E-state index in [9.17, 15) is 14.4 Å². The molecule has 0 saturated heterocycles. The first kappa shape index (κ1) is 17.3. The number of carboxylic acids is 1. The summed E-state index contributed by atoms with van der Waals surface area (Å²) >= 11 is 0. The summed E-state index contributed by atoms with van der Waals surface area (Å²) in [6.07, 6.45) is 1.83. The third-order valence-corrected chi connectivity index (χ3v) is 2.20. The van der Waals surface area contributed by atoms with E-state index in [1.54, 1.807) is 0 Å². The molecule has 0 aromatic heterocycles. The summed E-state index contributed by atoms with van der Waals surface area (Å²) in [4.78, 5) is 33.3. The Kier molecular flexibility index (Phi) is 9.34. The van der Waals surface area contributed by atoms with Crippen LogP contribution in [0, 0.1) is 0 Å². The second kappa shape index (κ2) is 10.3. The number of rotatable bonds is 10. The summed E-state index contributed by atoms with van der Waals surface area (Å²) in [5.74, 6) is -2.27. The lowest BCUT2D eigenvalue weighted by molar-refractivity contribution is -0.151. The molecule has 0 fully saturated rings. The van der Waals surface area contributed by atoms with Crippen molar-refractivity contribution >= 4 is 17.7 Å². The molecule has 0 aromatic rings. The van der Waals surface area contributed by atoms with Gasteiger partial charge in [0.1, 0.15) is 0 Å². The average Bonchev–Trinajstić information content (AvgIpc) is 2.35. The van der Waals surface area contributed by atoms with Gasteiger partial charge in [0.2, 0.25) is 0 Å². The molecule has 0 aliphatic rings. The van der Waals surface area contributed by atoms with E-state index in [0.29, 0.717) is 32.1 Å². The molecule has 6 heteroatoms. The van der Waals surface area contributed by atoms with Gasteiger partial charge in [-0.05, 0) is 13.3 Å². The standard InChI is InChI=1S/C13H20O6/c1-3-5-10(14)11(8-9-18-4-2)19-13(17)7-6-12(15)16/h6-7,11H,3-5,8-9H2,1-2H3,(H,15,16). The minimum absolute atomic E-state index is 0.181. The number of carboxylic acid groups (broad SMARTS) is 1. The molecule has 0 aromatic carbocycles. The number of hydrogen-bond acceptors (Lipinski definition) is 5. The maximum Gasteiger partial charge on any atom is 0.331 e. The van der Waals surface area contributed by atoms with E-state index in [4.69, 9.17) is 14.6 Å². The van der Waals surface area contributed by atoms with Gasteiger partial charge in [-0.1, -0.05) is 6.92 Å². The van der Waals surface area contributed by atoms with Crippen LogP contribution in [0.3, 0.4) is 0 Å². The Morgan fingerprint density at radius 2 is 1.89 bits per heavy atom. The van der Waals surface area contributed by atoms with Gasteiger partial charge >= 0.3 is 11.9 Å². The highest BCUT2D eigenvalue weighted by atomic mass is 16.5. The maximum absolute atomic E-state index is 11.7. The fraction of sp³-hybridized carbons (Fsp3) is 0.615. The molecule has 0 amide bonds. The summed E-state index contributed by atoms with van der Waals surface area (Å²) in [5.41, 5.74) is 0. The van der Waals surface area contributed by atoms with Crippen LogP contribution in [0.25, 0.3) is 0 Å². The molecule has 1 atom stereocenters. The van der Waals surface area contributed by atoms with Crippen LogP contribution in [0.4, 0.5) is 0 Å². The van der Waals surface area contributed by atoms with Crippen LogP contribution in [0.15, 0.2) is 12.2 Å². The summed E-state index contributed by atoms with van der Waals surface area (Å²) < 4.78 is 10.1. The highest BCUT2D eigenvalue weighted by molar-refractivity contribution is 5.92. The predicted molar refractivity (Wildman–Crippen MR) is 67.7 cm³/mol. The molecule has 19 heavy (non-hydrogen) atoms. The van der Waals surface area contributed by atoms with Crippen LogP contribution in [-0.4, -0.2) is 42.1 Å². The van der Waals surface area contributed by atoms with Crippen LogP contribution >= 0.6 is 0 Å². The van der Waals surface area contributed by atoms with Crippen molar-refractivity contribution in [3.63, 3.8) is 0 Å². The Balaban J connectivity index is 4.43. The minimum atomic E-state index is -1.25. The normalized spacial score (nSPS) is 12.3. The SMILES string of the molecule is CCCC(=O)C(CCOCC)OC(=O)C=CC(=O)O. The Hall–Kier alpha value is -1.69. The fourth-order valence-electron chi connectivity index (χ4n) is 1.35. The number of carbonyl (C=O) groups excluding carboxylic acids is 2. The predicted octanol–water partition coefficient (Wildman–Crippen LogP) is 1.33. The third-order valence-electron chi connectivity index (χ3n) is 2.20. The lowest BCUT2D eigenvalue weighted by Gasteiger charge is -2.15. The van der Waals surface area contributed by atoms with Crippen molar-refractivity contribution in [1.29, 1.82) is 0 Å². The van der Waals surface area contributed by atoms with E-state index in [1.807, 2.05) is 13.8 Å². The van der Waals surface area contributed by atoms with Gasteiger partial charge in [-0.2, -0.15) is 0 Å². The molecule has 1 N–H and O–H groups in total. The first-order valence-corrected chi connectivity index (χ1v) is 6.23. The Morgan fingerprint density at radius 1 is 1.21 bits per heavy atom. The van der Waals surface area contributed by atoms with Gasteiger partial charge in [-0.25, -0.2) is 9.59 Å². The number of Topliss-reactive ketones (excluding diaryl/α,β-unsaturated/α-hetero) is 1. The molecule has 0 aliphatic heterocycles. The molecule has 0 spiro atoms. The van der Waals surface area contributed by atoms with E-state index in [-0.39, 0.29) is 12.2 Å². The van der Waals surface area contributed by atoms with Crippen LogP contribution in [0.1, 0.15) is 33.1 Å². The highest BCUT2D eigenvalue weighted by Crippen LogP contribution is 2.06. The number of ketones is 1. The first-order chi connectivity index (χ1) is 9.01. The number of hydrogen-bond donors (Lipinski definition) is 1. The van der Waals surface area contributed by atoms with Gasteiger partial charge in [0.05, 0.1) is 6.61 Å². The maximum atomic E-state index is 11.7. The minimum Gasteiger partial charge on any atom is -0.478 e. The first-order valence-electron chi connectivity index (χ1n) is 6.23. The Morgan fingerprint density at radius 3 is 2.42 bits per heavy atom. The zero-order valence-corrected chi connectivity index (χ0v) is 11.3. The van der Waals surface area contributed by atoms with Crippen molar-refractivity contribution in [3.05, 3.63) is 12.2 Å². The number of ether oxygens (including phenoxy) is 2. The van der Waals surface area contributed by atoms with Crippen molar-refractivity contribution in [1.82, 2.24) is 0 Å². The summed E-state index contributed by atoms with van der Waals surface area (Å²) in [6, 6.07) is 0. The molecule has 0 saturated carbocycles. The van der Waals surface area contributed by atoms with Crippen molar-refractivity contribution in [2.45, 2.75) is 39.2 Å². The molecule has 0 rings (SSSR count). The van der Waals surface area contributed by atoms with Crippen molar-refractivity contribution in [2.24, 2.45) is 0 Å². The lowest BCUT2D eigenvalue weighted by atomic mass is 10.1. The largest absolute Gasteiger partial charge is 0.478 e. The van der Waals surface area contributed by atoms with Crippen molar-refractivity contribution < 1.29 is 29.0 Å². The van der Waals surface area contributed by atoms with Gasteiger partial charge < -0.3 is 14.6 Å². The quantitative estimate of drug-likeness (QED) is 0.366. The highest BCUT2D eigenvalue weighted by Gasteiger charge is 2.20. The van der Waals surface area contributed by atoms with Gasteiger partial charge in [-0.15, -0.1) is 0 Å². The third kappa shape index (κ3) is 8.96. The fourth-order valence-corrected chi connectivity index (χ4v) is 1.35. The molecule has 0 heterocycles. The molecule has 108 valence electrons. The van der Waals surface area contributed by atoms with E-state index < -0.39 is 18.0 Å². The van der Waals surface area contributed by atoms with Gasteiger partial charge in [-0.3, -0.25) is 4.79 Å². The molecule has 0 aliphatic carbocycles. The summed E-state index contributed by atoms with van der Waals surface area (Å²) in [6.45, 7) is 4.50.